The van der Waals surface area contributed by atoms with Gasteiger partial charge in [0.05, 0.1) is 0 Å². The lowest BCUT2D eigenvalue weighted by Gasteiger charge is -2.32. The van der Waals surface area contributed by atoms with Crippen LogP contribution in [0.4, 0.5) is 15.9 Å². The first-order chi connectivity index (χ1) is 16.0. The van der Waals surface area contributed by atoms with Gasteiger partial charge in [-0.2, -0.15) is 0 Å². The van der Waals surface area contributed by atoms with Gasteiger partial charge in [0.15, 0.2) is 5.82 Å². The molecule has 4 heterocycles. The zero-order chi connectivity index (χ0) is 22.9. The van der Waals surface area contributed by atoms with Crippen LogP contribution < -0.4 is 10.2 Å². The van der Waals surface area contributed by atoms with Gasteiger partial charge in [-0.25, -0.2) is 19.3 Å². The first kappa shape index (κ1) is 21.1. The summed E-state index contributed by atoms with van der Waals surface area (Å²) in [6, 6.07) is 9.88. The van der Waals surface area contributed by atoms with E-state index in [0.717, 1.165) is 54.2 Å². The number of fused-ring (bicyclic) bond motifs is 1. The molecule has 1 aliphatic rings. The fourth-order valence-corrected chi connectivity index (χ4v) is 4.27. The Morgan fingerprint density at radius 1 is 1.09 bits per heavy atom. The van der Waals surface area contributed by atoms with Gasteiger partial charge in [0.1, 0.15) is 17.3 Å². The predicted molar refractivity (Wildman–Crippen MR) is 126 cm³/mol. The van der Waals surface area contributed by atoms with Gasteiger partial charge in [0, 0.05) is 60.6 Å². The Morgan fingerprint density at radius 2 is 1.85 bits per heavy atom. The van der Waals surface area contributed by atoms with Gasteiger partial charge in [-0.3, -0.25) is 4.79 Å². The number of nitrogens with zero attached hydrogens (tertiary/aromatic N) is 5. The molecule has 3 aromatic heterocycles. The van der Waals surface area contributed by atoms with Crippen LogP contribution in [0.5, 0.6) is 0 Å². The second kappa shape index (κ2) is 8.61. The monoisotopic (exact) mass is 444 g/mol. The van der Waals surface area contributed by atoms with Crippen LogP contribution in [-0.4, -0.2) is 38.3 Å². The van der Waals surface area contributed by atoms with Gasteiger partial charge in [-0.1, -0.05) is 0 Å². The van der Waals surface area contributed by atoms with Gasteiger partial charge >= 0.3 is 0 Å². The Balaban J connectivity index is 1.30. The number of hydrogen-bond acceptors (Lipinski definition) is 5. The molecule has 0 saturated carbocycles. The van der Waals surface area contributed by atoms with Crippen LogP contribution in [0.25, 0.3) is 17.0 Å². The average molecular weight is 445 g/mol. The van der Waals surface area contributed by atoms with E-state index < -0.39 is 0 Å². The summed E-state index contributed by atoms with van der Waals surface area (Å²) < 4.78 is 15.1. The number of rotatable bonds is 4. The highest BCUT2D eigenvalue weighted by Gasteiger charge is 2.26. The number of aryl methyl sites for hydroxylation is 2. The number of pyridine rings is 1. The molecule has 1 aromatic carbocycles. The van der Waals surface area contributed by atoms with E-state index in [1.807, 2.05) is 42.8 Å². The molecule has 1 aliphatic heterocycles. The van der Waals surface area contributed by atoms with Crippen LogP contribution in [-0.2, 0) is 4.79 Å². The minimum absolute atomic E-state index is 0.0231. The first-order valence-corrected chi connectivity index (χ1v) is 11.1. The first-order valence-electron chi connectivity index (χ1n) is 11.1. The highest BCUT2D eigenvalue weighted by Crippen LogP contribution is 2.27. The van der Waals surface area contributed by atoms with E-state index >= 15 is 0 Å². The Morgan fingerprint density at radius 3 is 2.61 bits per heavy atom. The van der Waals surface area contributed by atoms with Gasteiger partial charge in [-0.15, -0.1) is 0 Å². The third-order valence-corrected chi connectivity index (χ3v) is 6.12. The summed E-state index contributed by atoms with van der Waals surface area (Å²) in [5, 5.41) is 2.89. The van der Waals surface area contributed by atoms with Crippen molar-refractivity contribution >= 4 is 23.1 Å². The van der Waals surface area contributed by atoms with E-state index in [9.17, 15) is 9.18 Å². The highest BCUT2D eigenvalue weighted by molar-refractivity contribution is 5.92. The molecule has 168 valence electrons. The van der Waals surface area contributed by atoms with Crippen LogP contribution in [0.3, 0.4) is 0 Å². The minimum atomic E-state index is -0.319. The van der Waals surface area contributed by atoms with Crippen molar-refractivity contribution in [3.05, 3.63) is 72.1 Å². The van der Waals surface area contributed by atoms with Gasteiger partial charge in [0.2, 0.25) is 5.91 Å². The molecule has 0 aliphatic carbocycles. The minimum Gasteiger partial charge on any atom is -0.356 e. The maximum Gasteiger partial charge on any atom is 0.227 e. The number of halogens is 1. The van der Waals surface area contributed by atoms with Crippen LogP contribution in [0.15, 0.2) is 55.0 Å². The molecule has 1 fully saturated rings. The van der Waals surface area contributed by atoms with Crippen molar-refractivity contribution in [1.29, 1.82) is 0 Å². The highest BCUT2D eigenvalue weighted by atomic mass is 19.1. The third kappa shape index (κ3) is 4.41. The van der Waals surface area contributed by atoms with E-state index in [4.69, 9.17) is 4.98 Å². The molecule has 1 saturated heterocycles. The van der Waals surface area contributed by atoms with E-state index in [1.165, 1.54) is 12.1 Å². The molecule has 5 rings (SSSR count). The number of benzene rings is 1. The normalized spacial score (nSPS) is 14.6. The molecule has 0 spiro atoms. The quantitative estimate of drug-likeness (QED) is 0.505. The number of amides is 1. The molecule has 1 N–H and O–H groups in total. The number of carbonyl (C=O) groups is 1. The van der Waals surface area contributed by atoms with Crippen LogP contribution in [0.2, 0.25) is 0 Å². The number of imidazole rings is 1. The standard InChI is InChI=1S/C25H25FN6O/c1-16-13-22-27-9-12-32(22)15-21(16)24-28-17(2)14-23(30-24)31-10-7-18(8-11-31)25(33)29-20-5-3-19(26)4-6-20/h3-6,9,12-15,18H,7-8,10-11H2,1-2H3,(H,29,33). The van der Waals surface area contributed by atoms with Crippen LogP contribution >= 0.6 is 0 Å². The molecular weight excluding hydrogens is 419 g/mol. The molecule has 8 heteroatoms. The van der Waals surface area contributed by atoms with Crippen molar-refractivity contribution in [2.24, 2.45) is 5.92 Å². The summed E-state index contributed by atoms with van der Waals surface area (Å²) in [5.74, 6) is 1.14. The van der Waals surface area contributed by atoms with Crippen molar-refractivity contribution in [3.63, 3.8) is 0 Å². The maximum absolute atomic E-state index is 13.1. The molecule has 33 heavy (non-hydrogen) atoms. The van der Waals surface area contributed by atoms with Crippen molar-refractivity contribution in [2.75, 3.05) is 23.3 Å². The zero-order valence-electron chi connectivity index (χ0n) is 18.6. The second-order valence-electron chi connectivity index (χ2n) is 8.51. The molecule has 7 nitrogen and oxygen atoms in total. The number of aromatic nitrogens is 4. The number of hydrogen-bond donors (Lipinski definition) is 1. The molecule has 1 amide bonds. The van der Waals surface area contributed by atoms with Gasteiger partial charge < -0.3 is 14.6 Å². The summed E-state index contributed by atoms with van der Waals surface area (Å²) in [7, 11) is 0. The SMILES string of the molecule is Cc1cc(N2CCC(C(=O)Nc3ccc(F)cc3)CC2)nc(-c2cn3ccnc3cc2C)n1. The number of anilines is 2. The van der Waals surface area contributed by atoms with E-state index in [1.54, 1.807) is 18.3 Å². The van der Waals surface area contributed by atoms with Crippen molar-refractivity contribution in [2.45, 2.75) is 26.7 Å². The molecule has 0 atom stereocenters. The smallest absolute Gasteiger partial charge is 0.227 e. The number of piperidine rings is 1. The van der Waals surface area contributed by atoms with E-state index in [2.05, 4.69) is 20.2 Å². The number of nitrogens with one attached hydrogen (secondary N) is 1. The predicted octanol–water partition coefficient (Wildman–Crippen LogP) is 4.40. The van der Waals surface area contributed by atoms with Crippen molar-refractivity contribution in [3.8, 4) is 11.4 Å². The summed E-state index contributed by atoms with van der Waals surface area (Å²) in [6.07, 6.45) is 7.16. The molecule has 4 aromatic rings. The molecule has 0 unspecified atom stereocenters. The van der Waals surface area contributed by atoms with E-state index in [0.29, 0.717) is 11.5 Å². The number of carbonyl (C=O) groups excluding carboxylic acids is 1. The Kier molecular flexibility index (Phi) is 5.50. The van der Waals surface area contributed by atoms with E-state index in [-0.39, 0.29) is 17.6 Å². The van der Waals surface area contributed by atoms with Crippen molar-refractivity contribution < 1.29 is 9.18 Å². The molecule has 0 bridgehead atoms. The van der Waals surface area contributed by atoms with Crippen LogP contribution in [0, 0.1) is 25.6 Å². The maximum atomic E-state index is 13.1. The lowest BCUT2D eigenvalue weighted by molar-refractivity contribution is -0.120. The third-order valence-electron chi connectivity index (χ3n) is 6.12. The Hall–Kier alpha value is -3.81. The Labute approximate surface area is 191 Å². The summed E-state index contributed by atoms with van der Waals surface area (Å²) >= 11 is 0. The molecular formula is C25H25FN6O. The van der Waals surface area contributed by atoms with Crippen LogP contribution in [0.1, 0.15) is 24.1 Å². The summed E-state index contributed by atoms with van der Waals surface area (Å²) in [5.41, 5.74) is 4.45. The Bertz CT molecular complexity index is 1310. The second-order valence-corrected chi connectivity index (χ2v) is 8.51. The summed E-state index contributed by atoms with van der Waals surface area (Å²) in [6.45, 7) is 5.48. The lowest BCUT2D eigenvalue weighted by atomic mass is 9.95. The fourth-order valence-electron chi connectivity index (χ4n) is 4.27. The largest absolute Gasteiger partial charge is 0.356 e. The fraction of sp³-hybridized carbons (Fsp3) is 0.280. The summed E-state index contributed by atoms with van der Waals surface area (Å²) in [4.78, 5) is 28.8. The zero-order valence-corrected chi connectivity index (χ0v) is 18.6. The lowest BCUT2D eigenvalue weighted by Crippen LogP contribution is -2.38. The average Bonchev–Trinajstić information content (AvgIpc) is 3.27. The van der Waals surface area contributed by atoms with Gasteiger partial charge in [-0.05, 0) is 62.6 Å². The topological polar surface area (TPSA) is 75.4 Å². The van der Waals surface area contributed by atoms with Crippen molar-refractivity contribution in [1.82, 2.24) is 19.4 Å². The van der Waals surface area contributed by atoms with Gasteiger partial charge in [0.25, 0.3) is 0 Å². The molecule has 0 radical (unpaired) electrons.